The second-order valence-corrected chi connectivity index (χ2v) is 8.19. The summed E-state index contributed by atoms with van der Waals surface area (Å²) in [7, 11) is 0. The van der Waals surface area contributed by atoms with Crippen molar-refractivity contribution in [2.24, 2.45) is 0 Å². The topological polar surface area (TPSA) is 69.0 Å². The fourth-order valence-electron chi connectivity index (χ4n) is 2.49. The Morgan fingerprint density at radius 2 is 1.96 bits per heavy atom. The van der Waals surface area contributed by atoms with Gasteiger partial charge in [-0.15, -0.1) is 10.2 Å². The van der Waals surface area contributed by atoms with Crippen molar-refractivity contribution in [3.05, 3.63) is 53.7 Å². The third-order valence-electron chi connectivity index (χ3n) is 3.77. The Morgan fingerprint density at radius 3 is 2.62 bits per heavy atom. The fourth-order valence-corrected chi connectivity index (χ4v) is 4.14. The van der Waals surface area contributed by atoms with Gasteiger partial charge in [-0.2, -0.15) is 0 Å². The van der Waals surface area contributed by atoms with Crippen LogP contribution in [0.1, 0.15) is 36.2 Å². The first-order chi connectivity index (χ1) is 12.7. The molecular formula is C19H21N4OS2+. The molecule has 2 heterocycles. The first kappa shape index (κ1) is 18.5. The maximum atomic E-state index is 12.4. The van der Waals surface area contributed by atoms with E-state index in [0.717, 1.165) is 34.2 Å². The lowest BCUT2D eigenvalue weighted by Crippen LogP contribution is -2.12. The van der Waals surface area contributed by atoms with Crippen molar-refractivity contribution in [3.8, 4) is 11.3 Å². The SMILES string of the molecule is CCCc1ccc(-c2ccc(C(=O)Nc3nnc(SCC)s3)cc2)[nH+]c1. The van der Waals surface area contributed by atoms with Crippen LogP contribution in [0.25, 0.3) is 11.3 Å². The molecule has 26 heavy (non-hydrogen) atoms. The third-order valence-corrected chi connectivity index (χ3v) is 5.62. The molecule has 0 aliphatic heterocycles. The summed E-state index contributed by atoms with van der Waals surface area (Å²) in [6.07, 6.45) is 4.24. The molecule has 5 nitrogen and oxygen atoms in total. The smallest absolute Gasteiger partial charge is 0.257 e. The summed E-state index contributed by atoms with van der Waals surface area (Å²) in [6, 6.07) is 11.7. The molecular weight excluding hydrogens is 364 g/mol. The number of nitrogens with one attached hydrogen (secondary N) is 2. The number of thioether (sulfide) groups is 1. The largest absolute Gasteiger partial charge is 0.296 e. The van der Waals surface area contributed by atoms with Crippen LogP contribution in [0.2, 0.25) is 0 Å². The minimum Gasteiger partial charge on any atom is -0.296 e. The lowest BCUT2D eigenvalue weighted by molar-refractivity contribution is -0.365. The first-order valence-corrected chi connectivity index (χ1v) is 10.4. The maximum Gasteiger partial charge on any atom is 0.257 e. The molecule has 0 bridgehead atoms. The van der Waals surface area contributed by atoms with Crippen LogP contribution in [0.3, 0.4) is 0 Å². The van der Waals surface area contributed by atoms with Crippen LogP contribution >= 0.6 is 23.1 Å². The molecule has 0 unspecified atom stereocenters. The molecule has 0 aliphatic carbocycles. The summed E-state index contributed by atoms with van der Waals surface area (Å²) in [5, 5.41) is 11.4. The van der Waals surface area contributed by atoms with Crippen LogP contribution < -0.4 is 10.3 Å². The van der Waals surface area contributed by atoms with Crippen LogP contribution in [-0.2, 0) is 6.42 Å². The number of aromatic nitrogens is 3. The lowest BCUT2D eigenvalue weighted by Gasteiger charge is -2.02. The van der Waals surface area contributed by atoms with E-state index >= 15 is 0 Å². The van der Waals surface area contributed by atoms with Gasteiger partial charge in [0.15, 0.2) is 10.5 Å². The van der Waals surface area contributed by atoms with E-state index in [0.29, 0.717) is 10.7 Å². The molecule has 7 heteroatoms. The maximum absolute atomic E-state index is 12.4. The number of nitrogens with zero attached hydrogens (tertiary/aromatic N) is 2. The quantitative estimate of drug-likeness (QED) is 0.485. The Kier molecular flexibility index (Phi) is 6.35. The Balaban J connectivity index is 1.67. The summed E-state index contributed by atoms with van der Waals surface area (Å²) in [5.41, 5.74) is 3.96. The zero-order valence-electron chi connectivity index (χ0n) is 14.8. The van der Waals surface area contributed by atoms with Crippen molar-refractivity contribution in [2.45, 2.75) is 31.0 Å². The van der Waals surface area contributed by atoms with Crippen molar-refractivity contribution in [1.82, 2.24) is 10.2 Å². The van der Waals surface area contributed by atoms with Crippen molar-refractivity contribution in [2.75, 3.05) is 11.1 Å². The average molecular weight is 386 g/mol. The van der Waals surface area contributed by atoms with Gasteiger partial charge in [0.1, 0.15) is 0 Å². The van der Waals surface area contributed by atoms with Gasteiger partial charge in [-0.1, -0.05) is 43.4 Å². The summed E-state index contributed by atoms with van der Waals surface area (Å²) in [5.74, 6) is 0.753. The Labute approximate surface area is 161 Å². The van der Waals surface area contributed by atoms with Crippen LogP contribution in [0, 0.1) is 0 Å². The van der Waals surface area contributed by atoms with E-state index in [4.69, 9.17) is 0 Å². The second kappa shape index (κ2) is 8.91. The Hall–Kier alpha value is -2.25. The minimum absolute atomic E-state index is 0.178. The second-order valence-electron chi connectivity index (χ2n) is 5.70. The van der Waals surface area contributed by atoms with Crippen molar-refractivity contribution in [3.63, 3.8) is 0 Å². The molecule has 1 aromatic carbocycles. The van der Waals surface area contributed by atoms with Gasteiger partial charge >= 0.3 is 0 Å². The van der Waals surface area contributed by atoms with E-state index in [9.17, 15) is 4.79 Å². The summed E-state index contributed by atoms with van der Waals surface area (Å²) in [6.45, 7) is 4.23. The molecule has 2 aromatic heterocycles. The van der Waals surface area contributed by atoms with E-state index in [-0.39, 0.29) is 5.91 Å². The molecule has 0 aliphatic rings. The Morgan fingerprint density at radius 1 is 1.15 bits per heavy atom. The van der Waals surface area contributed by atoms with E-state index in [2.05, 4.69) is 46.5 Å². The summed E-state index contributed by atoms with van der Waals surface area (Å²) < 4.78 is 0.861. The highest BCUT2D eigenvalue weighted by atomic mass is 32.2. The highest BCUT2D eigenvalue weighted by Gasteiger charge is 2.12. The van der Waals surface area contributed by atoms with E-state index in [1.54, 1.807) is 11.8 Å². The number of H-pyrrole nitrogens is 1. The standard InChI is InChI=1S/C19H20N4OS2/c1-3-5-13-6-11-16(20-12-13)14-7-9-15(10-8-14)17(24)21-18-22-23-19(26-18)25-4-2/h6-12H,3-5H2,1-2H3,(H,21,22,24)/p+1. The van der Waals surface area contributed by atoms with Crippen LogP contribution in [0.4, 0.5) is 5.13 Å². The van der Waals surface area contributed by atoms with Crippen LogP contribution in [0.5, 0.6) is 0 Å². The molecule has 3 aromatic rings. The van der Waals surface area contributed by atoms with Gasteiger partial charge in [0.05, 0.1) is 0 Å². The normalized spacial score (nSPS) is 10.7. The van der Waals surface area contributed by atoms with Crippen molar-refractivity contribution in [1.29, 1.82) is 0 Å². The number of amides is 1. The number of rotatable bonds is 7. The monoisotopic (exact) mass is 385 g/mol. The molecule has 0 saturated carbocycles. The van der Waals surface area contributed by atoms with E-state index in [1.807, 2.05) is 30.5 Å². The predicted octanol–water partition coefficient (Wildman–Crippen LogP) is 4.34. The number of benzene rings is 1. The molecule has 0 spiro atoms. The van der Waals surface area contributed by atoms with Crippen LogP contribution in [0.15, 0.2) is 46.9 Å². The van der Waals surface area contributed by atoms with Gasteiger partial charge in [-0.3, -0.25) is 10.1 Å². The van der Waals surface area contributed by atoms with Gasteiger partial charge in [0.2, 0.25) is 10.8 Å². The number of hydrogen-bond acceptors (Lipinski definition) is 5. The van der Waals surface area contributed by atoms with Crippen LogP contribution in [-0.4, -0.2) is 21.9 Å². The molecule has 0 radical (unpaired) electrons. The number of carbonyl (C=O) groups is 1. The van der Waals surface area contributed by atoms with Gasteiger partial charge in [0.25, 0.3) is 5.91 Å². The van der Waals surface area contributed by atoms with Crippen molar-refractivity contribution >= 4 is 34.1 Å². The van der Waals surface area contributed by atoms with E-state index in [1.165, 1.54) is 16.9 Å². The zero-order valence-corrected chi connectivity index (χ0v) is 16.4. The van der Waals surface area contributed by atoms with Gasteiger partial charge in [-0.25, -0.2) is 4.98 Å². The molecule has 2 N–H and O–H groups in total. The minimum atomic E-state index is -0.178. The predicted molar refractivity (Wildman–Crippen MR) is 107 cm³/mol. The molecule has 3 rings (SSSR count). The zero-order chi connectivity index (χ0) is 18.4. The van der Waals surface area contributed by atoms with Gasteiger partial charge in [0, 0.05) is 22.8 Å². The Bertz CT molecular complexity index is 860. The van der Waals surface area contributed by atoms with E-state index < -0.39 is 0 Å². The van der Waals surface area contributed by atoms with Crippen molar-refractivity contribution < 1.29 is 9.78 Å². The first-order valence-electron chi connectivity index (χ1n) is 8.58. The number of carbonyl (C=O) groups excluding carboxylic acids is 1. The molecule has 0 saturated heterocycles. The number of anilines is 1. The fraction of sp³-hybridized carbons (Fsp3) is 0.263. The number of aromatic amines is 1. The van der Waals surface area contributed by atoms with Gasteiger partial charge in [-0.05, 0) is 42.5 Å². The number of aryl methyl sites for hydroxylation is 1. The summed E-state index contributed by atoms with van der Waals surface area (Å²) >= 11 is 3.00. The molecule has 0 fully saturated rings. The number of hydrogen-bond donors (Lipinski definition) is 1. The highest BCUT2D eigenvalue weighted by molar-refractivity contribution is 8.01. The van der Waals surface area contributed by atoms with Gasteiger partial charge < -0.3 is 0 Å². The molecule has 1 amide bonds. The summed E-state index contributed by atoms with van der Waals surface area (Å²) in [4.78, 5) is 15.7. The number of pyridine rings is 1. The third kappa shape index (κ3) is 4.68. The highest BCUT2D eigenvalue weighted by Crippen LogP contribution is 2.25. The molecule has 134 valence electrons. The average Bonchev–Trinajstić information content (AvgIpc) is 3.10. The molecule has 0 atom stereocenters. The lowest BCUT2D eigenvalue weighted by atomic mass is 10.1.